The van der Waals surface area contributed by atoms with E-state index >= 15 is 0 Å². The van der Waals surface area contributed by atoms with E-state index in [1.165, 1.54) is 4.68 Å². The minimum Gasteiger partial charge on any atom is -0.476 e. The first-order chi connectivity index (χ1) is 8.50. The number of fused-ring (bicyclic) bond motifs is 1. The lowest BCUT2D eigenvalue weighted by Crippen LogP contribution is -2.18. The van der Waals surface area contributed by atoms with Gasteiger partial charge in [-0.15, -0.1) is 0 Å². The Balaban J connectivity index is 2.42. The molecule has 0 radical (unpaired) electrons. The van der Waals surface area contributed by atoms with Crippen LogP contribution in [-0.4, -0.2) is 32.5 Å². The molecule has 18 heavy (non-hydrogen) atoms. The number of nitrogens with two attached hydrogens (primary N) is 1. The van der Waals surface area contributed by atoms with E-state index in [4.69, 9.17) is 10.8 Å². The van der Waals surface area contributed by atoms with Crippen LogP contribution in [-0.2, 0) is 17.8 Å². The molecule has 0 spiro atoms. The molecular formula is C11H13N3O4. The zero-order valence-electron chi connectivity index (χ0n) is 9.68. The largest absolute Gasteiger partial charge is 0.476 e. The number of carboxylic acid groups (broad SMARTS) is 1. The van der Waals surface area contributed by atoms with Gasteiger partial charge in [0, 0.05) is 12.8 Å². The summed E-state index contributed by atoms with van der Waals surface area (Å²) in [6.07, 6.45) is 1.68. The average molecular weight is 251 g/mol. The van der Waals surface area contributed by atoms with Gasteiger partial charge >= 0.3 is 5.97 Å². The van der Waals surface area contributed by atoms with Gasteiger partial charge in [-0.25, -0.2) is 4.79 Å². The van der Waals surface area contributed by atoms with Crippen molar-refractivity contribution in [2.45, 2.75) is 32.2 Å². The van der Waals surface area contributed by atoms with Crippen LogP contribution in [0, 0.1) is 0 Å². The Bertz CT molecular complexity index is 533. The molecule has 0 saturated heterocycles. The minimum absolute atomic E-state index is 0.0708. The Hall–Kier alpha value is -2.18. The number of carbonyl (C=O) groups excluding carboxylic acids is 2. The number of primary amides is 1. The molecule has 1 aromatic rings. The summed E-state index contributed by atoms with van der Waals surface area (Å²) in [5.41, 5.74) is 5.62. The Morgan fingerprint density at radius 3 is 2.72 bits per heavy atom. The first-order valence-electron chi connectivity index (χ1n) is 5.65. The highest BCUT2D eigenvalue weighted by atomic mass is 16.4. The molecular weight excluding hydrogens is 238 g/mol. The van der Waals surface area contributed by atoms with Gasteiger partial charge in [-0.3, -0.25) is 14.3 Å². The van der Waals surface area contributed by atoms with Gasteiger partial charge in [-0.05, 0) is 12.8 Å². The third kappa shape index (κ3) is 2.11. The summed E-state index contributed by atoms with van der Waals surface area (Å²) in [4.78, 5) is 33.5. The van der Waals surface area contributed by atoms with Gasteiger partial charge in [-0.2, -0.15) is 5.10 Å². The van der Waals surface area contributed by atoms with Crippen LogP contribution in [0.15, 0.2) is 0 Å². The number of carboxylic acids is 1. The molecule has 0 bridgehead atoms. The number of aryl methyl sites for hydroxylation is 1. The predicted octanol–water partition coefficient (Wildman–Crippen LogP) is -0.0243. The van der Waals surface area contributed by atoms with E-state index in [-0.39, 0.29) is 30.0 Å². The van der Waals surface area contributed by atoms with Gasteiger partial charge in [0.05, 0.1) is 17.8 Å². The van der Waals surface area contributed by atoms with E-state index in [0.717, 1.165) is 0 Å². The van der Waals surface area contributed by atoms with Gasteiger partial charge < -0.3 is 10.8 Å². The summed E-state index contributed by atoms with van der Waals surface area (Å²) in [5.74, 6) is -1.91. The van der Waals surface area contributed by atoms with E-state index in [1.807, 2.05) is 0 Å². The topological polar surface area (TPSA) is 115 Å². The van der Waals surface area contributed by atoms with Gasteiger partial charge in [0.2, 0.25) is 5.91 Å². The lowest BCUT2D eigenvalue weighted by molar-refractivity contribution is -0.118. The minimum atomic E-state index is -1.22. The highest BCUT2D eigenvalue weighted by molar-refractivity contribution is 6.06. The lowest BCUT2D eigenvalue weighted by atomic mass is 9.94. The second-order valence-electron chi connectivity index (χ2n) is 4.19. The standard InChI is InChI=1S/C11H13N3O4/c12-8(16)4-5-14-6-2-1-3-7(15)9(6)10(13-14)11(17)18/h1-5H2,(H2,12,16)(H,17,18). The molecule has 0 aromatic carbocycles. The van der Waals surface area contributed by atoms with Crippen LogP contribution in [0.25, 0.3) is 0 Å². The van der Waals surface area contributed by atoms with E-state index in [2.05, 4.69) is 5.10 Å². The van der Waals surface area contributed by atoms with Crippen molar-refractivity contribution in [2.75, 3.05) is 0 Å². The smallest absolute Gasteiger partial charge is 0.357 e. The SMILES string of the molecule is NC(=O)CCn1nc(C(=O)O)c2c1CCCC2=O. The molecule has 1 aliphatic carbocycles. The van der Waals surface area contributed by atoms with Crippen LogP contribution in [0.4, 0.5) is 0 Å². The normalized spacial score (nSPS) is 14.3. The number of carbonyl (C=O) groups is 3. The number of hydrogen-bond donors (Lipinski definition) is 2. The Kier molecular flexibility index (Phi) is 3.14. The molecule has 2 rings (SSSR count). The first-order valence-corrected chi connectivity index (χ1v) is 5.65. The zero-order valence-corrected chi connectivity index (χ0v) is 9.68. The number of nitrogens with zero attached hydrogens (tertiary/aromatic N) is 2. The molecule has 1 aromatic heterocycles. The molecule has 0 saturated carbocycles. The third-order valence-electron chi connectivity index (χ3n) is 2.93. The number of amides is 1. The van der Waals surface area contributed by atoms with Gasteiger partial charge in [0.15, 0.2) is 11.5 Å². The number of aromatic carboxylic acids is 1. The summed E-state index contributed by atoms with van der Waals surface area (Å²) in [6.45, 7) is 0.207. The number of ketones is 1. The highest BCUT2D eigenvalue weighted by Crippen LogP contribution is 2.24. The number of aromatic nitrogens is 2. The summed E-state index contributed by atoms with van der Waals surface area (Å²) in [6, 6.07) is 0. The fourth-order valence-electron chi connectivity index (χ4n) is 2.14. The quantitative estimate of drug-likeness (QED) is 0.780. The molecule has 0 aliphatic heterocycles. The van der Waals surface area contributed by atoms with Gasteiger partial charge in [0.25, 0.3) is 0 Å². The molecule has 7 heteroatoms. The van der Waals surface area contributed by atoms with Crippen LogP contribution in [0.1, 0.15) is 45.8 Å². The summed E-state index contributed by atoms with van der Waals surface area (Å²) in [7, 11) is 0. The molecule has 7 nitrogen and oxygen atoms in total. The lowest BCUT2D eigenvalue weighted by Gasteiger charge is -2.12. The second kappa shape index (κ2) is 4.59. The Morgan fingerprint density at radius 2 is 2.11 bits per heavy atom. The fourth-order valence-corrected chi connectivity index (χ4v) is 2.14. The monoisotopic (exact) mass is 251 g/mol. The molecule has 1 heterocycles. The van der Waals surface area contributed by atoms with Crippen molar-refractivity contribution < 1.29 is 19.5 Å². The van der Waals surface area contributed by atoms with Crippen molar-refractivity contribution in [2.24, 2.45) is 5.73 Å². The van der Waals surface area contributed by atoms with Crippen molar-refractivity contribution in [3.05, 3.63) is 17.0 Å². The van der Waals surface area contributed by atoms with Crippen LogP contribution in [0.3, 0.4) is 0 Å². The first kappa shape index (κ1) is 12.3. The van der Waals surface area contributed by atoms with E-state index in [0.29, 0.717) is 25.0 Å². The molecule has 1 amide bonds. The van der Waals surface area contributed by atoms with Crippen LogP contribution >= 0.6 is 0 Å². The van der Waals surface area contributed by atoms with Crippen molar-refractivity contribution in [3.8, 4) is 0 Å². The number of rotatable bonds is 4. The summed E-state index contributed by atoms with van der Waals surface area (Å²) >= 11 is 0. The maximum atomic E-state index is 11.8. The van der Waals surface area contributed by atoms with Crippen molar-refractivity contribution in [1.82, 2.24) is 9.78 Å². The van der Waals surface area contributed by atoms with Gasteiger partial charge in [-0.1, -0.05) is 0 Å². The molecule has 0 fully saturated rings. The third-order valence-corrected chi connectivity index (χ3v) is 2.93. The molecule has 96 valence electrons. The van der Waals surface area contributed by atoms with Crippen molar-refractivity contribution >= 4 is 17.7 Å². The Labute approximate surface area is 103 Å². The van der Waals surface area contributed by atoms with E-state index in [9.17, 15) is 14.4 Å². The highest BCUT2D eigenvalue weighted by Gasteiger charge is 2.29. The van der Waals surface area contributed by atoms with Crippen molar-refractivity contribution in [1.29, 1.82) is 0 Å². The van der Waals surface area contributed by atoms with Crippen LogP contribution in [0.5, 0.6) is 0 Å². The van der Waals surface area contributed by atoms with Crippen LogP contribution in [0.2, 0.25) is 0 Å². The van der Waals surface area contributed by atoms with Crippen LogP contribution < -0.4 is 5.73 Å². The Morgan fingerprint density at radius 1 is 1.39 bits per heavy atom. The van der Waals surface area contributed by atoms with Gasteiger partial charge in [0.1, 0.15) is 0 Å². The maximum Gasteiger partial charge on any atom is 0.357 e. The summed E-state index contributed by atoms with van der Waals surface area (Å²) < 4.78 is 1.42. The molecule has 1 aliphatic rings. The molecule has 0 atom stereocenters. The average Bonchev–Trinajstić information content (AvgIpc) is 2.67. The van der Waals surface area contributed by atoms with E-state index in [1.54, 1.807) is 0 Å². The predicted molar refractivity (Wildman–Crippen MR) is 60.3 cm³/mol. The van der Waals surface area contributed by atoms with Crippen molar-refractivity contribution in [3.63, 3.8) is 0 Å². The number of Topliss-reactive ketones (excluding diaryl/α,β-unsaturated/α-hetero) is 1. The van der Waals surface area contributed by atoms with E-state index < -0.39 is 11.9 Å². The molecule has 3 N–H and O–H groups in total. The molecule has 0 unspecified atom stereocenters. The zero-order chi connectivity index (χ0) is 13.3. The summed E-state index contributed by atoms with van der Waals surface area (Å²) in [5, 5.41) is 12.9. The number of hydrogen-bond acceptors (Lipinski definition) is 4. The maximum absolute atomic E-state index is 11.8. The second-order valence-corrected chi connectivity index (χ2v) is 4.19. The fraction of sp³-hybridized carbons (Fsp3) is 0.455.